The molecule has 5 heteroatoms. The predicted octanol–water partition coefficient (Wildman–Crippen LogP) is 2.66. The van der Waals surface area contributed by atoms with Crippen molar-refractivity contribution in [2.45, 2.75) is 32.9 Å². The number of rotatable bonds is 7. The number of ether oxygens (including phenoxy) is 1. The summed E-state index contributed by atoms with van der Waals surface area (Å²) in [5.74, 6) is 1.09. The van der Waals surface area contributed by atoms with Crippen LogP contribution in [-0.2, 0) is 6.54 Å². The van der Waals surface area contributed by atoms with Crippen molar-refractivity contribution in [3.63, 3.8) is 0 Å². The summed E-state index contributed by atoms with van der Waals surface area (Å²) in [5.41, 5.74) is 0.983. The van der Waals surface area contributed by atoms with Crippen molar-refractivity contribution in [3.8, 4) is 11.5 Å². The van der Waals surface area contributed by atoms with Crippen LogP contribution < -0.4 is 10.1 Å². The number of phenolic OH excluding ortho intramolecular Hbond substituents is 1. The zero-order valence-electron chi connectivity index (χ0n) is 11.6. The summed E-state index contributed by atoms with van der Waals surface area (Å²) in [5, 5.41) is 22.3. The summed E-state index contributed by atoms with van der Waals surface area (Å²) < 4.78 is 5.91. The molecule has 0 spiro atoms. The van der Waals surface area contributed by atoms with E-state index in [1.807, 2.05) is 0 Å². The predicted molar refractivity (Wildman–Crippen MR) is 79.5 cm³/mol. The van der Waals surface area contributed by atoms with Gasteiger partial charge in [0.2, 0.25) is 0 Å². The highest BCUT2D eigenvalue weighted by molar-refractivity contribution is 9.10. The van der Waals surface area contributed by atoms with Crippen LogP contribution in [0.25, 0.3) is 0 Å². The third-order valence-corrected chi connectivity index (χ3v) is 3.64. The molecule has 0 aliphatic heterocycles. The highest BCUT2D eigenvalue weighted by atomic mass is 79.9. The Morgan fingerprint density at radius 2 is 2.05 bits per heavy atom. The molecule has 0 aliphatic rings. The van der Waals surface area contributed by atoms with Crippen molar-refractivity contribution in [3.05, 3.63) is 22.2 Å². The number of halogens is 1. The Morgan fingerprint density at radius 3 is 2.58 bits per heavy atom. The second kappa shape index (κ2) is 7.72. The van der Waals surface area contributed by atoms with Crippen molar-refractivity contribution in [1.29, 1.82) is 0 Å². The van der Waals surface area contributed by atoms with Crippen LogP contribution in [-0.4, -0.2) is 30.0 Å². The first kappa shape index (κ1) is 16.3. The van der Waals surface area contributed by atoms with Crippen LogP contribution in [0, 0.1) is 5.92 Å². The third-order valence-electron chi connectivity index (χ3n) is 2.91. The molecule has 1 unspecified atom stereocenters. The van der Waals surface area contributed by atoms with Gasteiger partial charge in [0.05, 0.1) is 13.7 Å². The lowest BCUT2D eigenvalue weighted by Gasteiger charge is -2.19. The summed E-state index contributed by atoms with van der Waals surface area (Å²) in [4.78, 5) is 0. The standard InChI is InChI=1S/C14H22BrNO3/c1-9(2)4-11(8-17)16-7-10-5-14(19-3)13(18)6-12(10)15/h5-6,9,11,16-18H,4,7-8H2,1-3H3. The van der Waals surface area contributed by atoms with Gasteiger partial charge in [-0.3, -0.25) is 0 Å². The van der Waals surface area contributed by atoms with Crippen LogP contribution in [0.4, 0.5) is 0 Å². The van der Waals surface area contributed by atoms with E-state index in [0.29, 0.717) is 18.2 Å². The maximum absolute atomic E-state index is 9.64. The Balaban J connectivity index is 2.71. The van der Waals surface area contributed by atoms with E-state index in [4.69, 9.17) is 4.74 Å². The number of aliphatic hydroxyl groups is 1. The van der Waals surface area contributed by atoms with Crippen LogP contribution in [0.15, 0.2) is 16.6 Å². The van der Waals surface area contributed by atoms with Gasteiger partial charge in [0.15, 0.2) is 11.5 Å². The first-order chi connectivity index (χ1) is 8.97. The summed E-state index contributed by atoms with van der Waals surface area (Å²) in [6.45, 7) is 4.98. The molecule has 4 nitrogen and oxygen atoms in total. The van der Waals surface area contributed by atoms with Gasteiger partial charge >= 0.3 is 0 Å². The molecule has 1 atom stereocenters. The smallest absolute Gasteiger partial charge is 0.160 e. The molecule has 1 rings (SSSR count). The van der Waals surface area contributed by atoms with E-state index in [1.54, 1.807) is 12.1 Å². The van der Waals surface area contributed by atoms with Crippen molar-refractivity contribution in [1.82, 2.24) is 5.32 Å². The number of benzene rings is 1. The summed E-state index contributed by atoms with van der Waals surface area (Å²) >= 11 is 3.42. The van der Waals surface area contributed by atoms with E-state index >= 15 is 0 Å². The number of aliphatic hydroxyl groups excluding tert-OH is 1. The van der Waals surface area contributed by atoms with Crippen LogP contribution in [0.2, 0.25) is 0 Å². The average Bonchev–Trinajstić information content (AvgIpc) is 2.35. The van der Waals surface area contributed by atoms with Crippen molar-refractivity contribution in [2.75, 3.05) is 13.7 Å². The van der Waals surface area contributed by atoms with E-state index in [9.17, 15) is 10.2 Å². The minimum atomic E-state index is 0.0756. The van der Waals surface area contributed by atoms with Crippen LogP contribution in [0.1, 0.15) is 25.8 Å². The van der Waals surface area contributed by atoms with Crippen molar-refractivity contribution < 1.29 is 14.9 Å². The molecule has 0 fully saturated rings. The summed E-state index contributed by atoms with van der Waals surface area (Å²) in [6, 6.07) is 3.48. The van der Waals surface area contributed by atoms with E-state index < -0.39 is 0 Å². The molecule has 0 bridgehead atoms. The Labute approximate surface area is 122 Å². The first-order valence-corrected chi connectivity index (χ1v) is 7.16. The number of aromatic hydroxyl groups is 1. The zero-order chi connectivity index (χ0) is 14.4. The third kappa shape index (κ3) is 5.01. The Hall–Kier alpha value is -0.780. The second-order valence-electron chi connectivity index (χ2n) is 5.01. The van der Waals surface area contributed by atoms with E-state index in [0.717, 1.165) is 16.5 Å². The average molecular weight is 332 g/mol. The van der Waals surface area contributed by atoms with Gasteiger partial charge in [-0.2, -0.15) is 0 Å². The highest BCUT2D eigenvalue weighted by Crippen LogP contribution is 2.32. The van der Waals surface area contributed by atoms with Crippen LogP contribution >= 0.6 is 15.9 Å². The monoisotopic (exact) mass is 331 g/mol. The molecule has 0 heterocycles. The maximum atomic E-state index is 9.64. The molecule has 108 valence electrons. The topological polar surface area (TPSA) is 61.7 Å². The number of nitrogens with one attached hydrogen (secondary N) is 1. The molecule has 0 saturated heterocycles. The fraction of sp³-hybridized carbons (Fsp3) is 0.571. The van der Waals surface area contributed by atoms with Crippen LogP contribution in [0.3, 0.4) is 0 Å². The quantitative estimate of drug-likeness (QED) is 0.718. The van der Waals surface area contributed by atoms with Gasteiger partial charge in [-0.05, 0) is 30.0 Å². The van der Waals surface area contributed by atoms with Gasteiger partial charge in [0.1, 0.15) is 0 Å². The number of methoxy groups -OCH3 is 1. The molecule has 3 N–H and O–H groups in total. The first-order valence-electron chi connectivity index (χ1n) is 6.37. The molecular weight excluding hydrogens is 310 g/mol. The fourth-order valence-electron chi connectivity index (χ4n) is 1.93. The van der Waals surface area contributed by atoms with E-state index in [-0.39, 0.29) is 18.4 Å². The largest absolute Gasteiger partial charge is 0.504 e. The van der Waals surface area contributed by atoms with Gasteiger partial charge in [-0.1, -0.05) is 29.8 Å². The zero-order valence-corrected chi connectivity index (χ0v) is 13.2. The van der Waals surface area contributed by atoms with Gasteiger partial charge in [0, 0.05) is 17.1 Å². The van der Waals surface area contributed by atoms with Gasteiger partial charge < -0.3 is 20.3 Å². The molecule has 0 saturated carbocycles. The van der Waals surface area contributed by atoms with Crippen molar-refractivity contribution in [2.24, 2.45) is 5.92 Å². The number of phenols is 1. The molecule has 19 heavy (non-hydrogen) atoms. The van der Waals surface area contributed by atoms with Crippen molar-refractivity contribution >= 4 is 15.9 Å². The minimum Gasteiger partial charge on any atom is -0.504 e. The maximum Gasteiger partial charge on any atom is 0.160 e. The Morgan fingerprint density at radius 1 is 1.37 bits per heavy atom. The Kier molecular flexibility index (Phi) is 6.62. The Bertz CT molecular complexity index is 410. The normalized spacial score (nSPS) is 12.7. The molecule has 0 amide bonds. The SMILES string of the molecule is COc1cc(CNC(CO)CC(C)C)c(Br)cc1O. The summed E-state index contributed by atoms with van der Waals surface area (Å²) in [6.07, 6.45) is 0.920. The van der Waals surface area contributed by atoms with Gasteiger partial charge in [-0.25, -0.2) is 0 Å². The molecule has 0 aromatic heterocycles. The molecule has 1 aromatic carbocycles. The van der Waals surface area contributed by atoms with Gasteiger partial charge in [-0.15, -0.1) is 0 Å². The molecule has 0 radical (unpaired) electrons. The minimum absolute atomic E-state index is 0.0756. The van der Waals surface area contributed by atoms with Gasteiger partial charge in [0.25, 0.3) is 0 Å². The lowest BCUT2D eigenvalue weighted by atomic mass is 10.0. The molecule has 0 aliphatic carbocycles. The second-order valence-corrected chi connectivity index (χ2v) is 5.86. The lowest BCUT2D eigenvalue weighted by molar-refractivity contribution is 0.223. The number of hydrogen-bond donors (Lipinski definition) is 3. The highest BCUT2D eigenvalue weighted by Gasteiger charge is 2.12. The lowest BCUT2D eigenvalue weighted by Crippen LogP contribution is -2.33. The summed E-state index contributed by atoms with van der Waals surface area (Å²) in [7, 11) is 1.52. The molecule has 1 aromatic rings. The number of hydrogen-bond acceptors (Lipinski definition) is 4. The van der Waals surface area contributed by atoms with Crippen LogP contribution in [0.5, 0.6) is 11.5 Å². The van der Waals surface area contributed by atoms with E-state index in [2.05, 4.69) is 35.1 Å². The van der Waals surface area contributed by atoms with E-state index in [1.165, 1.54) is 7.11 Å². The fourth-order valence-corrected chi connectivity index (χ4v) is 2.40. The molecular formula is C14H22BrNO3.